The first kappa shape index (κ1) is 24.4. The molecular weight excluding hydrogens is 493 g/mol. The zero-order valence-electron chi connectivity index (χ0n) is 16.3. The van der Waals surface area contributed by atoms with Crippen LogP contribution in [0.25, 0.3) is 0 Å². The van der Waals surface area contributed by atoms with Crippen LogP contribution in [0.15, 0.2) is 44.7 Å². The van der Waals surface area contributed by atoms with Crippen LogP contribution in [0, 0.1) is 0 Å². The number of nitrogens with zero attached hydrogens (tertiary/aromatic N) is 2. The third kappa shape index (κ3) is 7.06. The van der Waals surface area contributed by atoms with E-state index in [4.69, 9.17) is 9.66 Å². The summed E-state index contributed by atoms with van der Waals surface area (Å²) in [7, 11) is -2.00. The van der Waals surface area contributed by atoms with E-state index in [1.807, 2.05) is 6.07 Å². The van der Waals surface area contributed by atoms with Crippen molar-refractivity contribution >= 4 is 40.0 Å². The Morgan fingerprint density at radius 2 is 1.79 bits per heavy atom. The van der Waals surface area contributed by atoms with E-state index >= 15 is 0 Å². The summed E-state index contributed by atoms with van der Waals surface area (Å²) in [5.74, 6) is 1.77. The minimum absolute atomic E-state index is 0. The van der Waals surface area contributed by atoms with E-state index in [0.29, 0.717) is 25.0 Å². The van der Waals surface area contributed by atoms with Crippen LogP contribution in [0.3, 0.4) is 0 Å². The number of aliphatic imine (C=N–C) groups is 1. The van der Waals surface area contributed by atoms with E-state index in [9.17, 15) is 8.42 Å². The van der Waals surface area contributed by atoms with Gasteiger partial charge in [-0.3, -0.25) is 4.99 Å². The largest absolute Gasteiger partial charge is 0.359 e. The van der Waals surface area contributed by atoms with Crippen molar-refractivity contribution in [1.82, 2.24) is 15.8 Å². The van der Waals surface area contributed by atoms with Gasteiger partial charge in [0.2, 0.25) is 10.0 Å². The smallest absolute Gasteiger partial charge is 0.238 e. The molecule has 10 heteroatoms. The molecule has 156 valence electrons. The van der Waals surface area contributed by atoms with Crippen molar-refractivity contribution in [2.24, 2.45) is 10.1 Å². The fourth-order valence-electron chi connectivity index (χ4n) is 2.69. The van der Waals surface area contributed by atoms with E-state index in [0.717, 1.165) is 29.9 Å². The fraction of sp³-hybridized carbons (Fsp3) is 0.444. The Balaban J connectivity index is 0.00000392. The maximum atomic E-state index is 11.3. The second-order valence-corrected chi connectivity index (χ2v) is 7.76. The van der Waals surface area contributed by atoms with E-state index in [-0.39, 0.29) is 28.9 Å². The molecule has 0 fully saturated rings. The molecule has 0 amide bonds. The van der Waals surface area contributed by atoms with Crippen molar-refractivity contribution < 1.29 is 12.9 Å². The van der Waals surface area contributed by atoms with E-state index < -0.39 is 10.0 Å². The molecule has 0 spiro atoms. The summed E-state index contributed by atoms with van der Waals surface area (Å²) >= 11 is 0. The second-order valence-electron chi connectivity index (χ2n) is 6.20. The van der Waals surface area contributed by atoms with Crippen LogP contribution in [0.1, 0.15) is 49.6 Å². The van der Waals surface area contributed by atoms with Gasteiger partial charge in [-0.15, -0.1) is 24.0 Å². The molecule has 4 N–H and O–H groups in total. The molecule has 2 rings (SSSR count). The molecule has 0 saturated heterocycles. The van der Waals surface area contributed by atoms with Crippen molar-refractivity contribution in [2.75, 3.05) is 7.05 Å². The third-order valence-corrected chi connectivity index (χ3v) is 5.28. The van der Waals surface area contributed by atoms with Crippen molar-refractivity contribution in [3.8, 4) is 0 Å². The van der Waals surface area contributed by atoms with Crippen LogP contribution in [0.5, 0.6) is 0 Å². The number of primary sulfonamides is 1. The fourth-order valence-corrected chi connectivity index (χ4v) is 3.20. The van der Waals surface area contributed by atoms with Gasteiger partial charge in [0.1, 0.15) is 0 Å². The number of nitrogens with one attached hydrogen (secondary N) is 2. The average Bonchev–Trinajstić information content (AvgIpc) is 3.11. The molecule has 0 aliphatic rings. The van der Waals surface area contributed by atoms with Gasteiger partial charge in [-0.25, -0.2) is 13.6 Å². The van der Waals surface area contributed by atoms with E-state index in [1.165, 1.54) is 12.1 Å². The molecule has 1 aromatic heterocycles. The molecular formula is C18H28IN5O3S. The lowest BCUT2D eigenvalue weighted by Crippen LogP contribution is -2.36. The van der Waals surface area contributed by atoms with Gasteiger partial charge in [0, 0.05) is 25.6 Å². The number of benzene rings is 1. The molecule has 0 saturated carbocycles. The molecule has 0 bridgehead atoms. The Hall–Kier alpha value is -1.66. The quantitative estimate of drug-likeness (QED) is 0.279. The van der Waals surface area contributed by atoms with Crippen LogP contribution in [0.4, 0.5) is 0 Å². The van der Waals surface area contributed by atoms with E-state index in [1.54, 1.807) is 19.2 Å². The maximum Gasteiger partial charge on any atom is 0.238 e. The second kappa shape index (κ2) is 11.4. The molecule has 2 aromatic rings. The van der Waals surface area contributed by atoms with Crippen molar-refractivity contribution in [1.29, 1.82) is 0 Å². The van der Waals surface area contributed by atoms with Crippen molar-refractivity contribution in [2.45, 2.75) is 50.6 Å². The minimum atomic E-state index is -3.68. The van der Waals surface area contributed by atoms with Crippen molar-refractivity contribution in [3.63, 3.8) is 0 Å². The normalized spacial score (nSPS) is 12.0. The van der Waals surface area contributed by atoms with Gasteiger partial charge in [-0.05, 0) is 30.5 Å². The summed E-state index contributed by atoms with van der Waals surface area (Å²) in [5, 5.41) is 15.6. The Bertz CT molecular complexity index is 862. The molecule has 0 atom stereocenters. The van der Waals surface area contributed by atoms with Crippen LogP contribution in [0.2, 0.25) is 0 Å². The lowest BCUT2D eigenvalue weighted by molar-refractivity contribution is 0.368. The van der Waals surface area contributed by atoms with Crippen LogP contribution in [-0.4, -0.2) is 26.6 Å². The summed E-state index contributed by atoms with van der Waals surface area (Å²) in [6.07, 6.45) is 2.06. The zero-order chi connectivity index (χ0) is 19.9. The van der Waals surface area contributed by atoms with Gasteiger partial charge in [0.15, 0.2) is 11.7 Å². The summed E-state index contributed by atoms with van der Waals surface area (Å²) in [4.78, 5) is 4.26. The Morgan fingerprint density at radius 1 is 1.18 bits per heavy atom. The summed E-state index contributed by atoms with van der Waals surface area (Å²) in [5.41, 5.74) is 1.88. The van der Waals surface area contributed by atoms with Crippen LogP contribution < -0.4 is 15.8 Å². The number of rotatable bonds is 8. The molecule has 1 aromatic carbocycles. The summed E-state index contributed by atoms with van der Waals surface area (Å²) in [6.45, 7) is 5.24. The van der Waals surface area contributed by atoms with Gasteiger partial charge in [0.25, 0.3) is 0 Å². The first-order valence-corrected chi connectivity index (χ1v) is 10.4. The third-order valence-electron chi connectivity index (χ3n) is 4.35. The highest BCUT2D eigenvalue weighted by atomic mass is 127. The standard InChI is InChI=1S/C18H27N5O3S.HI/c1-4-14(5-2)17-10-15(26-23-17)12-22-18(20-3)21-11-13-6-8-16(9-7-13)27(19,24)25;/h6-10,14H,4-5,11-12H2,1-3H3,(H2,19,24,25)(H2,20,21,22);1H. The number of halogens is 1. The number of guanidine groups is 1. The number of hydrogen-bond acceptors (Lipinski definition) is 5. The highest BCUT2D eigenvalue weighted by molar-refractivity contribution is 14.0. The number of aromatic nitrogens is 1. The monoisotopic (exact) mass is 521 g/mol. The lowest BCUT2D eigenvalue weighted by atomic mass is 9.99. The first-order valence-electron chi connectivity index (χ1n) is 8.89. The van der Waals surface area contributed by atoms with Gasteiger partial charge in [0.05, 0.1) is 17.1 Å². The van der Waals surface area contributed by atoms with Crippen molar-refractivity contribution in [3.05, 3.63) is 47.3 Å². The lowest BCUT2D eigenvalue weighted by Gasteiger charge is -2.11. The predicted octanol–water partition coefficient (Wildman–Crippen LogP) is 2.71. The van der Waals surface area contributed by atoms with Crippen LogP contribution in [-0.2, 0) is 23.1 Å². The van der Waals surface area contributed by atoms with E-state index in [2.05, 4.69) is 34.6 Å². The predicted molar refractivity (Wildman–Crippen MR) is 120 cm³/mol. The molecule has 0 radical (unpaired) electrons. The highest BCUT2D eigenvalue weighted by Gasteiger charge is 2.13. The number of hydrogen-bond donors (Lipinski definition) is 3. The Labute approximate surface area is 183 Å². The highest BCUT2D eigenvalue weighted by Crippen LogP contribution is 2.22. The maximum absolute atomic E-state index is 11.3. The minimum Gasteiger partial charge on any atom is -0.359 e. The van der Waals surface area contributed by atoms with Gasteiger partial charge in [-0.1, -0.05) is 31.1 Å². The zero-order valence-corrected chi connectivity index (χ0v) is 19.5. The summed E-state index contributed by atoms with van der Waals surface area (Å²) in [6, 6.07) is 8.35. The Morgan fingerprint density at radius 3 is 2.32 bits per heavy atom. The molecule has 0 unspecified atom stereocenters. The van der Waals surface area contributed by atoms with Gasteiger partial charge >= 0.3 is 0 Å². The van der Waals surface area contributed by atoms with Gasteiger partial charge < -0.3 is 15.2 Å². The molecule has 8 nitrogen and oxygen atoms in total. The molecule has 1 heterocycles. The molecule has 28 heavy (non-hydrogen) atoms. The number of sulfonamides is 1. The molecule has 0 aliphatic carbocycles. The topological polar surface area (TPSA) is 123 Å². The first-order chi connectivity index (χ1) is 12.9. The average molecular weight is 521 g/mol. The van der Waals surface area contributed by atoms with Crippen LogP contribution >= 0.6 is 24.0 Å². The Kier molecular flexibility index (Phi) is 9.90. The molecule has 0 aliphatic heterocycles. The van der Waals surface area contributed by atoms with Gasteiger partial charge in [-0.2, -0.15) is 0 Å². The SMILES string of the molecule is CCC(CC)c1cc(CNC(=NC)NCc2ccc(S(N)(=O)=O)cc2)on1.I. The number of nitrogens with two attached hydrogens (primary N) is 1. The summed E-state index contributed by atoms with van der Waals surface area (Å²) < 4.78 is 27.9.